The summed E-state index contributed by atoms with van der Waals surface area (Å²) in [5.74, 6) is 0. The van der Waals surface area contributed by atoms with Crippen molar-refractivity contribution in [2.75, 3.05) is 0 Å². The van der Waals surface area contributed by atoms with Gasteiger partial charge in [-0.3, -0.25) is 0 Å². The second kappa shape index (κ2) is 2.66. The van der Waals surface area contributed by atoms with Crippen LogP contribution >= 0.6 is 0 Å². The topological polar surface area (TPSA) is 26.3 Å². The fraction of sp³-hybridized carbons (Fsp3) is 0.111. The highest BCUT2D eigenvalue weighted by Crippen LogP contribution is 2.08. The average Bonchev–Trinajstić information content (AvgIpc) is 2.60. The molecule has 2 aromatic rings. The molecule has 0 aliphatic carbocycles. The third-order valence-electron chi connectivity index (χ3n) is 1.44. The lowest BCUT2D eigenvalue weighted by atomic mass is 10.1. The van der Waals surface area contributed by atoms with E-state index in [2.05, 4.69) is 12.5 Å². The van der Waals surface area contributed by atoms with Gasteiger partial charge in [0.25, 0.3) is 0 Å². The molecule has 0 saturated carbocycles. The molecule has 2 aromatic heterocycles. The minimum Gasteiger partial charge on any atom is -0.461 e. The van der Waals surface area contributed by atoms with Crippen LogP contribution in [0.2, 0.25) is 0 Å². The van der Waals surface area contributed by atoms with Gasteiger partial charge in [-0.1, -0.05) is 0 Å². The zero-order valence-electron chi connectivity index (χ0n) is 5.83. The Morgan fingerprint density at radius 3 is 1.91 bits per heavy atom. The molecule has 0 atom stereocenters. The van der Waals surface area contributed by atoms with E-state index in [4.69, 9.17) is 8.83 Å². The molecule has 0 aliphatic rings. The second-order valence-electron chi connectivity index (χ2n) is 2.27. The Hall–Kier alpha value is -1.44. The van der Waals surface area contributed by atoms with E-state index in [9.17, 15) is 0 Å². The van der Waals surface area contributed by atoms with Crippen molar-refractivity contribution >= 4 is 0 Å². The molecule has 0 saturated heterocycles. The highest BCUT2D eigenvalue weighted by Gasteiger charge is 1.98. The Labute approximate surface area is 64.4 Å². The SMILES string of the molecule is [c]1occc1Cc1[c]occ1. The van der Waals surface area contributed by atoms with Gasteiger partial charge in [0, 0.05) is 17.5 Å². The van der Waals surface area contributed by atoms with Crippen molar-refractivity contribution in [2.45, 2.75) is 6.42 Å². The maximum Gasteiger partial charge on any atom is 0.172 e. The van der Waals surface area contributed by atoms with E-state index >= 15 is 0 Å². The molecule has 2 heteroatoms. The molecule has 0 amide bonds. The first-order valence-electron chi connectivity index (χ1n) is 3.33. The van der Waals surface area contributed by atoms with E-state index in [0.29, 0.717) is 0 Å². The van der Waals surface area contributed by atoms with Crippen molar-refractivity contribution in [3.63, 3.8) is 0 Å². The Kier molecular flexibility index (Phi) is 1.52. The summed E-state index contributed by atoms with van der Waals surface area (Å²) in [6.07, 6.45) is 9.46. The number of furan rings is 2. The van der Waals surface area contributed by atoms with Crippen LogP contribution in [0, 0.1) is 12.5 Å². The molecular formula is C9H6O2. The summed E-state index contributed by atoms with van der Waals surface area (Å²) in [6, 6.07) is 3.75. The standard InChI is InChI=1S/C9H6O2/c1-3-10-6-8(1)5-9-2-4-11-7-9/h1-4H,5H2. The molecule has 0 bridgehead atoms. The Balaban J connectivity index is 2.14. The molecule has 0 spiro atoms. The first-order valence-corrected chi connectivity index (χ1v) is 3.33. The van der Waals surface area contributed by atoms with Gasteiger partial charge in [0.15, 0.2) is 12.5 Å². The van der Waals surface area contributed by atoms with Crippen molar-refractivity contribution < 1.29 is 8.83 Å². The van der Waals surface area contributed by atoms with E-state index in [1.807, 2.05) is 12.1 Å². The van der Waals surface area contributed by atoms with Crippen LogP contribution in [0.5, 0.6) is 0 Å². The van der Waals surface area contributed by atoms with Crippen LogP contribution in [0.4, 0.5) is 0 Å². The van der Waals surface area contributed by atoms with Gasteiger partial charge in [-0.2, -0.15) is 0 Å². The summed E-state index contributed by atoms with van der Waals surface area (Å²) in [6.45, 7) is 0. The lowest BCUT2D eigenvalue weighted by Gasteiger charge is -1.86. The summed E-state index contributed by atoms with van der Waals surface area (Å²) < 4.78 is 9.59. The molecule has 2 rings (SSSR count). The molecule has 2 radical (unpaired) electrons. The third-order valence-corrected chi connectivity index (χ3v) is 1.44. The number of hydrogen-bond donors (Lipinski definition) is 0. The summed E-state index contributed by atoms with van der Waals surface area (Å²) in [5.41, 5.74) is 2.03. The summed E-state index contributed by atoms with van der Waals surface area (Å²) in [5, 5.41) is 0. The molecule has 11 heavy (non-hydrogen) atoms. The van der Waals surface area contributed by atoms with Crippen LogP contribution in [-0.4, -0.2) is 0 Å². The largest absolute Gasteiger partial charge is 0.461 e. The fourth-order valence-corrected chi connectivity index (χ4v) is 0.915. The predicted molar refractivity (Wildman–Crippen MR) is 37.9 cm³/mol. The first-order chi connectivity index (χ1) is 5.45. The van der Waals surface area contributed by atoms with Crippen molar-refractivity contribution in [2.24, 2.45) is 0 Å². The summed E-state index contributed by atoms with van der Waals surface area (Å²) in [7, 11) is 0. The second-order valence-corrected chi connectivity index (χ2v) is 2.27. The minimum absolute atomic E-state index is 0.771. The molecule has 0 aliphatic heterocycles. The van der Waals surface area contributed by atoms with Crippen LogP contribution in [0.25, 0.3) is 0 Å². The van der Waals surface area contributed by atoms with Gasteiger partial charge in [-0.25, -0.2) is 0 Å². The van der Waals surface area contributed by atoms with E-state index in [1.54, 1.807) is 12.5 Å². The normalized spacial score (nSPS) is 10.2. The predicted octanol–water partition coefficient (Wildman–Crippen LogP) is 2.06. The van der Waals surface area contributed by atoms with Crippen molar-refractivity contribution in [3.8, 4) is 0 Å². The van der Waals surface area contributed by atoms with Crippen molar-refractivity contribution in [1.82, 2.24) is 0 Å². The molecule has 0 N–H and O–H groups in total. The highest BCUT2D eigenvalue weighted by molar-refractivity contribution is 5.17. The third kappa shape index (κ3) is 1.34. The zero-order valence-corrected chi connectivity index (χ0v) is 5.83. The molecule has 54 valence electrons. The van der Waals surface area contributed by atoms with Crippen LogP contribution in [-0.2, 0) is 6.42 Å². The Morgan fingerprint density at radius 1 is 1.00 bits per heavy atom. The highest BCUT2D eigenvalue weighted by atomic mass is 16.3. The van der Waals surface area contributed by atoms with Crippen LogP contribution in [0.3, 0.4) is 0 Å². The monoisotopic (exact) mass is 146 g/mol. The van der Waals surface area contributed by atoms with Gasteiger partial charge in [0.1, 0.15) is 0 Å². The molecule has 0 unspecified atom stereocenters. The average molecular weight is 146 g/mol. The fourth-order valence-electron chi connectivity index (χ4n) is 0.915. The van der Waals surface area contributed by atoms with Gasteiger partial charge in [-0.15, -0.1) is 0 Å². The van der Waals surface area contributed by atoms with Gasteiger partial charge in [0.2, 0.25) is 0 Å². The lowest BCUT2D eigenvalue weighted by Crippen LogP contribution is -1.80. The van der Waals surface area contributed by atoms with Crippen molar-refractivity contribution in [1.29, 1.82) is 0 Å². The zero-order chi connectivity index (χ0) is 7.52. The molecule has 2 nitrogen and oxygen atoms in total. The minimum atomic E-state index is 0.771. The molecule has 0 aromatic carbocycles. The number of rotatable bonds is 2. The molecular weight excluding hydrogens is 140 g/mol. The Bertz CT molecular complexity index is 260. The van der Waals surface area contributed by atoms with Crippen LogP contribution < -0.4 is 0 Å². The molecule has 0 fully saturated rings. The molecule has 2 heterocycles. The van der Waals surface area contributed by atoms with Gasteiger partial charge < -0.3 is 8.83 Å². The summed E-state index contributed by atoms with van der Waals surface area (Å²) in [4.78, 5) is 0. The van der Waals surface area contributed by atoms with E-state index < -0.39 is 0 Å². The van der Waals surface area contributed by atoms with Crippen LogP contribution in [0.15, 0.2) is 33.5 Å². The maximum atomic E-state index is 4.79. The smallest absolute Gasteiger partial charge is 0.172 e. The van der Waals surface area contributed by atoms with E-state index in [0.717, 1.165) is 17.5 Å². The summed E-state index contributed by atoms with van der Waals surface area (Å²) >= 11 is 0. The van der Waals surface area contributed by atoms with Gasteiger partial charge in [0.05, 0.1) is 12.5 Å². The maximum absolute atomic E-state index is 4.79. The lowest BCUT2D eigenvalue weighted by molar-refractivity contribution is 0.552. The Morgan fingerprint density at radius 2 is 1.55 bits per heavy atom. The van der Waals surface area contributed by atoms with Crippen LogP contribution in [0.1, 0.15) is 11.1 Å². The van der Waals surface area contributed by atoms with E-state index in [1.165, 1.54) is 0 Å². The number of hydrogen-bond acceptors (Lipinski definition) is 2. The van der Waals surface area contributed by atoms with Gasteiger partial charge in [-0.05, 0) is 12.1 Å². The van der Waals surface area contributed by atoms with Crippen molar-refractivity contribution in [3.05, 3.63) is 48.3 Å². The first kappa shape index (κ1) is 6.28. The quantitative estimate of drug-likeness (QED) is 0.648. The van der Waals surface area contributed by atoms with Gasteiger partial charge >= 0.3 is 0 Å². The van der Waals surface area contributed by atoms with E-state index in [-0.39, 0.29) is 0 Å².